The molecule has 1 aromatic rings. The molecule has 0 aliphatic carbocycles. The quantitative estimate of drug-likeness (QED) is 0.862. The second-order valence-corrected chi connectivity index (χ2v) is 6.80. The van der Waals surface area contributed by atoms with E-state index in [1.807, 2.05) is 13.8 Å². The zero-order valence-electron chi connectivity index (χ0n) is 15.7. The molecule has 0 spiro atoms. The molecular formula is C19H26N2O5. The van der Waals surface area contributed by atoms with Crippen molar-refractivity contribution in [1.82, 2.24) is 9.80 Å². The molecular weight excluding hydrogens is 336 g/mol. The van der Waals surface area contributed by atoms with Crippen molar-refractivity contribution < 1.29 is 24.2 Å². The first-order valence-electron chi connectivity index (χ1n) is 8.65. The lowest BCUT2D eigenvalue weighted by molar-refractivity contribution is -0.145. The monoisotopic (exact) mass is 362 g/mol. The lowest BCUT2D eigenvalue weighted by atomic mass is 9.97. The third-order valence-electron chi connectivity index (χ3n) is 4.83. The van der Waals surface area contributed by atoms with Crippen LogP contribution in [0.4, 0.5) is 0 Å². The van der Waals surface area contributed by atoms with Gasteiger partial charge in [-0.3, -0.25) is 14.4 Å². The Hall–Kier alpha value is -2.57. The van der Waals surface area contributed by atoms with Gasteiger partial charge in [0.1, 0.15) is 5.75 Å². The molecule has 7 heteroatoms. The number of piperidine rings is 1. The zero-order valence-corrected chi connectivity index (χ0v) is 15.7. The highest BCUT2D eigenvalue weighted by Crippen LogP contribution is 2.25. The van der Waals surface area contributed by atoms with Crippen LogP contribution in [0.3, 0.4) is 0 Å². The van der Waals surface area contributed by atoms with Crippen LogP contribution in [0.1, 0.15) is 34.3 Å². The van der Waals surface area contributed by atoms with E-state index >= 15 is 0 Å². The number of methoxy groups -OCH3 is 1. The van der Waals surface area contributed by atoms with Crippen molar-refractivity contribution in [3.05, 3.63) is 28.8 Å². The summed E-state index contributed by atoms with van der Waals surface area (Å²) in [5, 5.41) is 9.02. The van der Waals surface area contributed by atoms with Crippen LogP contribution in [0.15, 0.2) is 12.1 Å². The van der Waals surface area contributed by atoms with Crippen LogP contribution in [-0.4, -0.2) is 66.5 Å². The van der Waals surface area contributed by atoms with E-state index in [2.05, 4.69) is 0 Å². The van der Waals surface area contributed by atoms with Gasteiger partial charge in [0.2, 0.25) is 5.91 Å². The molecule has 0 saturated carbocycles. The maximum Gasteiger partial charge on any atom is 0.306 e. The number of carboxylic acids is 1. The number of rotatable bonds is 5. The third kappa shape index (κ3) is 4.33. The second kappa shape index (κ2) is 8.21. The third-order valence-corrected chi connectivity index (χ3v) is 4.83. The van der Waals surface area contributed by atoms with Gasteiger partial charge in [-0.1, -0.05) is 0 Å². The van der Waals surface area contributed by atoms with E-state index < -0.39 is 5.97 Å². The Bertz CT molecular complexity index is 685. The fourth-order valence-corrected chi connectivity index (χ4v) is 3.37. The maximum atomic E-state index is 12.6. The molecule has 1 fully saturated rings. The fraction of sp³-hybridized carbons (Fsp3) is 0.526. The number of benzene rings is 1. The molecule has 2 rings (SSSR count). The molecule has 0 unspecified atom stereocenters. The van der Waals surface area contributed by atoms with Crippen molar-refractivity contribution in [2.24, 2.45) is 5.92 Å². The van der Waals surface area contributed by atoms with E-state index in [0.29, 0.717) is 31.5 Å². The topological polar surface area (TPSA) is 87.2 Å². The van der Waals surface area contributed by atoms with Gasteiger partial charge < -0.3 is 19.6 Å². The van der Waals surface area contributed by atoms with Crippen LogP contribution in [0, 0.1) is 19.8 Å². The first-order valence-corrected chi connectivity index (χ1v) is 8.65. The summed E-state index contributed by atoms with van der Waals surface area (Å²) in [6.07, 6.45) is 0.908. The van der Waals surface area contributed by atoms with Crippen LogP contribution >= 0.6 is 0 Å². The summed E-state index contributed by atoms with van der Waals surface area (Å²) in [5.41, 5.74) is 2.25. The van der Waals surface area contributed by atoms with Gasteiger partial charge in [0.05, 0.1) is 19.6 Å². The van der Waals surface area contributed by atoms with Crippen molar-refractivity contribution in [3.63, 3.8) is 0 Å². The summed E-state index contributed by atoms with van der Waals surface area (Å²) in [7, 11) is 3.19. The second-order valence-electron chi connectivity index (χ2n) is 6.80. The molecule has 1 aromatic carbocycles. The molecule has 0 aromatic heterocycles. The molecule has 2 amide bonds. The van der Waals surface area contributed by atoms with Gasteiger partial charge in [-0.05, 0) is 49.9 Å². The van der Waals surface area contributed by atoms with E-state index in [1.54, 1.807) is 31.2 Å². The van der Waals surface area contributed by atoms with Gasteiger partial charge in [0, 0.05) is 25.7 Å². The average molecular weight is 362 g/mol. The Labute approximate surface area is 153 Å². The molecule has 0 bridgehead atoms. The minimum Gasteiger partial charge on any atom is -0.496 e. The molecule has 1 saturated heterocycles. The number of carbonyl (C=O) groups is 3. The lowest BCUT2D eigenvalue weighted by Gasteiger charge is -2.31. The SMILES string of the molecule is COc1c(C)cc(C(=O)N(C)CC(=O)N2CCC(C(=O)O)CC2)cc1C. The molecule has 1 aliphatic heterocycles. The van der Waals surface area contributed by atoms with E-state index in [4.69, 9.17) is 9.84 Å². The zero-order chi connectivity index (χ0) is 19.4. The van der Waals surface area contributed by atoms with E-state index in [9.17, 15) is 14.4 Å². The highest BCUT2D eigenvalue weighted by atomic mass is 16.5. The molecule has 1 aliphatic rings. The van der Waals surface area contributed by atoms with Crippen molar-refractivity contribution in [2.45, 2.75) is 26.7 Å². The summed E-state index contributed by atoms with van der Waals surface area (Å²) in [6.45, 7) is 4.55. The number of amides is 2. The largest absolute Gasteiger partial charge is 0.496 e. The predicted molar refractivity (Wildman–Crippen MR) is 96.4 cm³/mol. The van der Waals surface area contributed by atoms with Crippen LogP contribution in [-0.2, 0) is 9.59 Å². The number of hydrogen-bond donors (Lipinski definition) is 1. The Morgan fingerprint density at radius 1 is 1.19 bits per heavy atom. The number of nitrogens with zero attached hydrogens (tertiary/aromatic N) is 2. The minimum absolute atomic E-state index is 0.0271. The summed E-state index contributed by atoms with van der Waals surface area (Å²) in [5.74, 6) is -0.834. The van der Waals surface area contributed by atoms with Gasteiger partial charge >= 0.3 is 5.97 Å². The molecule has 1 heterocycles. The van der Waals surface area contributed by atoms with Gasteiger partial charge in [0.15, 0.2) is 0 Å². The number of aryl methyl sites for hydroxylation is 2. The van der Waals surface area contributed by atoms with Gasteiger partial charge in [-0.2, -0.15) is 0 Å². The Kier molecular flexibility index (Phi) is 6.23. The highest BCUT2D eigenvalue weighted by Gasteiger charge is 2.28. The summed E-state index contributed by atoms with van der Waals surface area (Å²) >= 11 is 0. The summed E-state index contributed by atoms with van der Waals surface area (Å²) < 4.78 is 5.31. The van der Waals surface area contributed by atoms with Crippen molar-refractivity contribution in [3.8, 4) is 5.75 Å². The van der Waals surface area contributed by atoms with Crippen LogP contribution in [0.25, 0.3) is 0 Å². The standard InChI is InChI=1S/C19H26N2O5/c1-12-9-15(10-13(2)17(12)26-4)18(23)20(3)11-16(22)21-7-5-14(6-8-21)19(24)25/h9-10,14H,5-8,11H2,1-4H3,(H,24,25). The molecule has 142 valence electrons. The van der Waals surface area contributed by atoms with Crippen molar-refractivity contribution in [1.29, 1.82) is 0 Å². The molecule has 26 heavy (non-hydrogen) atoms. The molecule has 0 radical (unpaired) electrons. The normalized spacial score (nSPS) is 14.8. The number of carboxylic acid groups (broad SMARTS) is 1. The minimum atomic E-state index is -0.811. The van der Waals surface area contributed by atoms with E-state index in [1.165, 1.54) is 4.90 Å². The van der Waals surface area contributed by atoms with Gasteiger partial charge in [-0.15, -0.1) is 0 Å². The maximum absolute atomic E-state index is 12.6. The summed E-state index contributed by atoms with van der Waals surface area (Å²) in [4.78, 5) is 39.1. The number of ether oxygens (including phenoxy) is 1. The number of likely N-dealkylation sites (tertiary alicyclic amines) is 1. The smallest absolute Gasteiger partial charge is 0.306 e. The fourth-order valence-electron chi connectivity index (χ4n) is 3.37. The first-order chi connectivity index (χ1) is 12.2. The lowest BCUT2D eigenvalue weighted by Crippen LogP contribution is -2.45. The Balaban J connectivity index is 1.99. The van der Waals surface area contributed by atoms with Crippen LogP contribution in [0.2, 0.25) is 0 Å². The number of aliphatic carboxylic acids is 1. The Morgan fingerprint density at radius 2 is 1.73 bits per heavy atom. The molecule has 0 atom stereocenters. The van der Waals surface area contributed by atoms with Crippen molar-refractivity contribution in [2.75, 3.05) is 33.8 Å². The predicted octanol–water partition coefficient (Wildman–Crippen LogP) is 1.71. The number of carbonyl (C=O) groups excluding carboxylic acids is 2. The van der Waals surface area contributed by atoms with Crippen LogP contribution in [0.5, 0.6) is 5.75 Å². The molecule has 1 N–H and O–H groups in total. The summed E-state index contributed by atoms with van der Waals surface area (Å²) in [6, 6.07) is 3.51. The molecule has 7 nitrogen and oxygen atoms in total. The van der Waals surface area contributed by atoms with Gasteiger partial charge in [0.25, 0.3) is 5.91 Å². The van der Waals surface area contributed by atoms with Crippen molar-refractivity contribution >= 4 is 17.8 Å². The van der Waals surface area contributed by atoms with E-state index in [0.717, 1.165) is 16.9 Å². The average Bonchev–Trinajstić information content (AvgIpc) is 2.60. The highest BCUT2D eigenvalue weighted by molar-refractivity contribution is 5.97. The first kappa shape index (κ1) is 19.8. The number of hydrogen-bond acceptors (Lipinski definition) is 4. The Morgan fingerprint density at radius 3 is 2.19 bits per heavy atom. The van der Waals surface area contributed by atoms with Gasteiger partial charge in [-0.25, -0.2) is 0 Å². The van der Waals surface area contributed by atoms with Crippen LogP contribution < -0.4 is 4.74 Å². The number of likely N-dealkylation sites (N-methyl/N-ethyl adjacent to an activating group) is 1. The van der Waals surface area contributed by atoms with E-state index in [-0.39, 0.29) is 24.3 Å².